The van der Waals surface area contributed by atoms with Crippen molar-refractivity contribution in [3.05, 3.63) is 35.9 Å². The highest BCUT2D eigenvalue weighted by molar-refractivity contribution is 6.46. The van der Waals surface area contributed by atoms with Gasteiger partial charge in [-0.25, -0.2) is 4.99 Å². The van der Waals surface area contributed by atoms with Crippen molar-refractivity contribution in [1.82, 2.24) is 10.2 Å². The number of aliphatic imine (C=N–C) groups is 1. The first-order chi connectivity index (χ1) is 11.2. The molecule has 1 spiro atoms. The van der Waals surface area contributed by atoms with Crippen molar-refractivity contribution in [1.29, 1.82) is 0 Å². The van der Waals surface area contributed by atoms with Crippen LogP contribution in [0.2, 0.25) is 0 Å². The van der Waals surface area contributed by atoms with Gasteiger partial charge in [0, 0.05) is 18.0 Å². The standard InChI is InChI=1S/C18H21N3O2/c22-16-15(13-6-2-1-3-7-13)19-18(20-16)10-5-11-21(12-18)17(23)14-8-4-9-14/h1-3,6-7,14H,4-5,8-12H2,(H,20,22). The van der Waals surface area contributed by atoms with E-state index in [1.807, 2.05) is 35.2 Å². The van der Waals surface area contributed by atoms with Crippen LogP contribution in [0.15, 0.2) is 35.3 Å². The Balaban J connectivity index is 1.57. The van der Waals surface area contributed by atoms with Crippen molar-refractivity contribution < 1.29 is 9.59 Å². The molecule has 0 radical (unpaired) electrons. The molecule has 1 aliphatic carbocycles. The molecular weight excluding hydrogens is 290 g/mol. The van der Waals surface area contributed by atoms with Gasteiger partial charge in [0.25, 0.3) is 5.91 Å². The Morgan fingerprint density at radius 1 is 1.22 bits per heavy atom. The van der Waals surface area contributed by atoms with Gasteiger partial charge in [-0.05, 0) is 25.7 Å². The lowest BCUT2D eigenvalue weighted by molar-refractivity contribution is -0.141. The molecule has 120 valence electrons. The molecule has 5 heteroatoms. The molecule has 1 unspecified atom stereocenters. The first-order valence-corrected chi connectivity index (χ1v) is 8.43. The van der Waals surface area contributed by atoms with Gasteiger partial charge in [0.2, 0.25) is 5.91 Å². The van der Waals surface area contributed by atoms with E-state index in [0.29, 0.717) is 12.3 Å². The fourth-order valence-electron chi connectivity index (χ4n) is 3.69. The van der Waals surface area contributed by atoms with Gasteiger partial charge in [-0.2, -0.15) is 0 Å². The van der Waals surface area contributed by atoms with Crippen LogP contribution in [0.3, 0.4) is 0 Å². The zero-order valence-corrected chi connectivity index (χ0v) is 13.1. The summed E-state index contributed by atoms with van der Waals surface area (Å²) >= 11 is 0. The van der Waals surface area contributed by atoms with Crippen LogP contribution in [-0.2, 0) is 9.59 Å². The minimum Gasteiger partial charge on any atom is -0.338 e. The molecule has 4 rings (SSSR count). The van der Waals surface area contributed by atoms with E-state index in [0.717, 1.165) is 44.2 Å². The fraction of sp³-hybridized carbons (Fsp3) is 0.500. The van der Waals surface area contributed by atoms with Crippen molar-refractivity contribution in [3.8, 4) is 0 Å². The summed E-state index contributed by atoms with van der Waals surface area (Å²) in [6.45, 7) is 1.29. The van der Waals surface area contributed by atoms with Gasteiger partial charge in [0.05, 0.1) is 6.54 Å². The highest BCUT2D eigenvalue weighted by atomic mass is 16.2. The first kappa shape index (κ1) is 14.4. The molecule has 0 bridgehead atoms. The summed E-state index contributed by atoms with van der Waals surface area (Å²) in [6, 6.07) is 9.54. The van der Waals surface area contributed by atoms with Crippen LogP contribution in [-0.4, -0.2) is 41.2 Å². The summed E-state index contributed by atoms with van der Waals surface area (Å²) in [5, 5.41) is 3.04. The number of likely N-dealkylation sites (tertiary alicyclic amines) is 1. The summed E-state index contributed by atoms with van der Waals surface area (Å²) in [4.78, 5) is 31.5. The van der Waals surface area contributed by atoms with E-state index in [2.05, 4.69) is 5.32 Å². The van der Waals surface area contributed by atoms with Crippen LogP contribution in [0, 0.1) is 5.92 Å². The Morgan fingerprint density at radius 3 is 2.70 bits per heavy atom. The molecule has 1 aromatic carbocycles. The minimum atomic E-state index is -0.625. The van der Waals surface area contributed by atoms with Crippen molar-refractivity contribution in [2.24, 2.45) is 10.9 Å². The second-order valence-electron chi connectivity index (χ2n) is 6.80. The van der Waals surface area contributed by atoms with E-state index in [1.165, 1.54) is 0 Å². The minimum absolute atomic E-state index is 0.130. The largest absolute Gasteiger partial charge is 0.338 e. The summed E-state index contributed by atoms with van der Waals surface area (Å²) in [5.74, 6) is 0.307. The number of piperidine rings is 1. The third-order valence-electron chi connectivity index (χ3n) is 5.17. The lowest BCUT2D eigenvalue weighted by Gasteiger charge is -2.40. The first-order valence-electron chi connectivity index (χ1n) is 8.43. The summed E-state index contributed by atoms with van der Waals surface area (Å²) in [5.41, 5.74) is 0.702. The Hall–Kier alpha value is -2.17. The van der Waals surface area contributed by atoms with E-state index in [9.17, 15) is 9.59 Å². The number of rotatable bonds is 2. The molecule has 2 aliphatic heterocycles. The van der Waals surface area contributed by atoms with Gasteiger partial charge in [-0.1, -0.05) is 36.8 Å². The van der Waals surface area contributed by atoms with Gasteiger partial charge in [0.1, 0.15) is 5.71 Å². The maximum Gasteiger partial charge on any atom is 0.272 e. The fourth-order valence-corrected chi connectivity index (χ4v) is 3.69. The molecule has 1 N–H and O–H groups in total. The number of benzene rings is 1. The summed E-state index contributed by atoms with van der Waals surface area (Å²) < 4.78 is 0. The van der Waals surface area contributed by atoms with Crippen LogP contribution in [0.4, 0.5) is 0 Å². The average molecular weight is 311 g/mol. The third kappa shape index (κ3) is 2.54. The highest BCUT2D eigenvalue weighted by Crippen LogP contribution is 2.32. The average Bonchev–Trinajstić information content (AvgIpc) is 2.82. The lowest BCUT2D eigenvalue weighted by Crippen LogP contribution is -2.57. The predicted octanol–water partition coefficient (Wildman–Crippen LogP) is 1.72. The lowest BCUT2D eigenvalue weighted by atomic mass is 9.83. The maximum absolute atomic E-state index is 12.5. The van der Waals surface area contributed by atoms with Crippen LogP contribution in [0.5, 0.6) is 0 Å². The zero-order chi connectivity index (χ0) is 15.9. The topological polar surface area (TPSA) is 61.8 Å². The number of hydrogen-bond acceptors (Lipinski definition) is 3. The number of carbonyl (C=O) groups is 2. The predicted molar refractivity (Wildman–Crippen MR) is 87.0 cm³/mol. The van der Waals surface area contributed by atoms with Crippen LogP contribution in [0.1, 0.15) is 37.7 Å². The Bertz CT molecular complexity index is 666. The molecular formula is C18H21N3O2. The maximum atomic E-state index is 12.5. The normalized spacial score (nSPS) is 27.6. The second kappa shape index (κ2) is 5.48. The third-order valence-corrected chi connectivity index (χ3v) is 5.17. The Morgan fingerprint density at radius 2 is 2.00 bits per heavy atom. The van der Waals surface area contributed by atoms with Crippen molar-refractivity contribution >= 4 is 17.5 Å². The van der Waals surface area contributed by atoms with Crippen molar-refractivity contribution in [2.75, 3.05) is 13.1 Å². The molecule has 3 aliphatic rings. The molecule has 1 atom stereocenters. The molecule has 2 fully saturated rings. The molecule has 1 saturated heterocycles. The molecule has 1 saturated carbocycles. The molecule has 1 aromatic rings. The molecule has 2 heterocycles. The van der Waals surface area contributed by atoms with E-state index in [1.54, 1.807) is 0 Å². The monoisotopic (exact) mass is 311 g/mol. The molecule has 2 amide bonds. The highest BCUT2D eigenvalue weighted by Gasteiger charge is 2.45. The van der Waals surface area contributed by atoms with Crippen LogP contribution < -0.4 is 5.32 Å². The molecule has 5 nitrogen and oxygen atoms in total. The summed E-state index contributed by atoms with van der Waals surface area (Å²) in [6.07, 6.45) is 4.84. The van der Waals surface area contributed by atoms with Crippen LogP contribution >= 0.6 is 0 Å². The van der Waals surface area contributed by atoms with Crippen molar-refractivity contribution in [2.45, 2.75) is 37.8 Å². The number of amides is 2. The van der Waals surface area contributed by atoms with E-state index in [4.69, 9.17) is 4.99 Å². The van der Waals surface area contributed by atoms with Gasteiger partial charge >= 0.3 is 0 Å². The molecule has 23 heavy (non-hydrogen) atoms. The van der Waals surface area contributed by atoms with E-state index in [-0.39, 0.29) is 17.7 Å². The van der Waals surface area contributed by atoms with Gasteiger partial charge in [-0.15, -0.1) is 0 Å². The summed E-state index contributed by atoms with van der Waals surface area (Å²) in [7, 11) is 0. The SMILES string of the molecule is O=C1NC2(CCCN(C(=O)C3CCC3)C2)N=C1c1ccccc1. The van der Waals surface area contributed by atoms with Gasteiger partial charge in [0.15, 0.2) is 5.66 Å². The number of hydrogen-bond donors (Lipinski definition) is 1. The smallest absolute Gasteiger partial charge is 0.272 e. The number of nitrogens with zero attached hydrogens (tertiary/aromatic N) is 2. The molecule has 0 aromatic heterocycles. The Kier molecular flexibility index (Phi) is 3.43. The van der Waals surface area contributed by atoms with Gasteiger partial charge in [-0.3, -0.25) is 9.59 Å². The second-order valence-corrected chi connectivity index (χ2v) is 6.80. The van der Waals surface area contributed by atoms with E-state index >= 15 is 0 Å². The van der Waals surface area contributed by atoms with Crippen molar-refractivity contribution in [3.63, 3.8) is 0 Å². The van der Waals surface area contributed by atoms with Crippen LogP contribution in [0.25, 0.3) is 0 Å². The number of carbonyl (C=O) groups excluding carboxylic acids is 2. The van der Waals surface area contributed by atoms with Gasteiger partial charge < -0.3 is 10.2 Å². The zero-order valence-electron chi connectivity index (χ0n) is 13.1. The Labute approximate surface area is 135 Å². The van der Waals surface area contributed by atoms with E-state index < -0.39 is 5.66 Å². The quantitative estimate of drug-likeness (QED) is 0.904. The number of nitrogens with one attached hydrogen (secondary N) is 1.